The van der Waals surface area contributed by atoms with Crippen LogP contribution in [0.25, 0.3) is 33.5 Å². The molecule has 4 aromatic carbocycles. The number of esters is 1. The second kappa shape index (κ2) is 13.0. The van der Waals surface area contributed by atoms with Crippen LogP contribution in [0.2, 0.25) is 5.02 Å². The average molecular weight is 612 g/mol. The molecule has 0 saturated heterocycles. The molecule has 224 valence electrons. The van der Waals surface area contributed by atoms with E-state index in [0.29, 0.717) is 44.6 Å². The quantitative estimate of drug-likeness (QED) is 0.175. The number of benzene rings is 4. The van der Waals surface area contributed by atoms with Crippen molar-refractivity contribution in [3.05, 3.63) is 95.0 Å². The van der Waals surface area contributed by atoms with Gasteiger partial charge in [0.05, 0.1) is 55.0 Å². The number of fused-ring (bicyclic) bond motifs is 1. The molecule has 1 atom stereocenters. The van der Waals surface area contributed by atoms with Gasteiger partial charge in [-0.05, 0) is 92.2 Å². The van der Waals surface area contributed by atoms with E-state index >= 15 is 0 Å². The van der Waals surface area contributed by atoms with Crippen LogP contribution in [0, 0.1) is 6.92 Å². The van der Waals surface area contributed by atoms with E-state index in [0.717, 1.165) is 22.4 Å². The molecule has 0 saturated carbocycles. The molecule has 0 aliphatic carbocycles. The lowest BCUT2D eigenvalue weighted by atomic mass is 10.0. The highest BCUT2D eigenvalue weighted by molar-refractivity contribution is 6.31. The first-order chi connectivity index (χ1) is 21.2. The van der Waals surface area contributed by atoms with Crippen LogP contribution < -0.4 is 19.5 Å². The van der Waals surface area contributed by atoms with Gasteiger partial charge in [-0.25, -0.2) is 14.8 Å². The average Bonchev–Trinajstić information content (AvgIpc) is 3.05. The Balaban J connectivity index is 1.44. The van der Waals surface area contributed by atoms with Crippen LogP contribution in [0.1, 0.15) is 22.8 Å². The number of carbonyl (C=O) groups is 2. The predicted molar refractivity (Wildman–Crippen MR) is 170 cm³/mol. The van der Waals surface area contributed by atoms with Crippen molar-refractivity contribution in [3.8, 4) is 39.8 Å². The molecule has 1 N–H and O–H groups in total. The van der Waals surface area contributed by atoms with E-state index in [9.17, 15) is 9.59 Å². The zero-order valence-corrected chi connectivity index (χ0v) is 25.6. The van der Waals surface area contributed by atoms with E-state index in [-0.39, 0.29) is 5.56 Å². The predicted octanol–water partition coefficient (Wildman–Crippen LogP) is 7.14. The highest BCUT2D eigenvalue weighted by Crippen LogP contribution is 2.34. The Morgan fingerprint density at radius 2 is 1.32 bits per heavy atom. The molecule has 1 unspecified atom stereocenters. The number of nitrogens with one attached hydrogen (secondary N) is 1. The van der Waals surface area contributed by atoms with Gasteiger partial charge in [-0.3, -0.25) is 4.79 Å². The topological polar surface area (TPSA) is 109 Å². The van der Waals surface area contributed by atoms with E-state index in [1.165, 1.54) is 14.0 Å². The number of aryl methyl sites for hydroxylation is 1. The Kier molecular flexibility index (Phi) is 8.96. The molecule has 5 rings (SSSR count). The SMILES string of the molecule is COc1ccc(-c2nc3ccc(C(=O)OC(C)C(=O)Nc4cc(C)c(Cl)cc4OC)cc3nc2-c2ccc(OC)cc2)cc1. The molecule has 10 heteroatoms. The monoisotopic (exact) mass is 611 g/mol. The summed E-state index contributed by atoms with van der Waals surface area (Å²) in [6.07, 6.45) is -1.10. The van der Waals surface area contributed by atoms with Crippen molar-refractivity contribution in [2.75, 3.05) is 26.6 Å². The summed E-state index contributed by atoms with van der Waals surface area (Å²) in [7, 11) is 4.69. The second-order valence-corrected chi connectivity index (χ2v) is 10.3. The number of amides is 1. The molecular formula is C34H30ClN3O6. The fourth-order valence-electron chi connectivity index (χ4n) is 4.53. The Morgan fingerprint density at radius 3 is 1.86 bits per heavy atom. The first-order valence-corrected chi connectivity index (χ1v) is 14.0. The molecule has 0 bridgehead atoms. The Morgan fingerprint density at radius 1 is 0.750 bits per heavy atom. The van der Waals surface area contributed by atoms with Gasteiger partial charge in [-0.15, -0.1) is 0 Å². The van der Waals surface area contributed by atoms with Crippen molar-refractivity contribution in [1.29, 1.82) is 0 Å². The molecule has 0 radical (unpaired) electrons. The van der Waals surface area contributed by atoms with Gasteiger partial charge in [0.25, 0.3) is 5.91 Å². The van der Waals surface area contributed by atoms with Gasteiger partial charge in [0.2, 0.25) is 0 Å². The number of aromatic nitrogens is 2. The second-order valence-electron chi connectivity index (χ2n) is 9.92. The lowest BCUT2D eigenvalue weighted by Gasteiger charge is -2.16. The number of halogens is 1. The fourth-order valence-corrected chi connectivity index (χ4v) is 4.68. The summed E-state index contributed by atoms with van der Waals surface area (Å²) in [6, 6.07) is 23.3. The molecule has 0 aliphatic heterocycles. The summed E-state index contributed by atoms with van der Waals surface area (Å²) in [5.41, 5.74) is 5.43. The number of methoxy groups -OCH3 is 3. The molecule has 0 fully saturated rings. The first-order valence-electron chi connectivity index (χ1n) is 13.7. The number of anilines is 1. The highest BCUT2D eigenvalue weighted by atomic mass is 35.5. The van der Waals surface area contributed by atoms with Crippen molar-refractivity contribution in [1.82, 2.24) is 9.97 Å². The van der Waals surface area contributed by atoms with Gasteiger partial charge in [0.15, 0.2) is 6.10 Å². The van der Waals surface area contributed by atoms with Gasteiger partial charge < -0.3 is 24.3 Å². The zero-order chi connectivity index (χ0) is 31.4. The maximum Gasteiger partial charge on any atom is 0.338 e. The van der Waals surface area contributed by atoms with Gasteiger partial charge in [0, 0.05) is 22.2 Å². The van der Waals surface area contributed by atoms with Crippen LogP contribution in [0.3, 0.4) is 0 Å². The Bertz CT molecular complexity index is 1840. The van der Waals surface area contributed by atoms with E-state index in [1.807, 2.05) is 55.5 Å². The number of hydrogen-bond donors (Lipinski definition) is 1. The third kappa shape index (κ3) is 6.43. The number of nitrogens with zero attached hydrogens (tertiary/aromatic N) is 2. The summed E-state index contributed by atoms with van der Waals surface area (Å²) in [5.74, 6) is 0.622. The molecule has 1 heterocycles. The third-order valence-corrected chi connectivity index (χ3v) is 7.43. The smallest absolute Gasteiger partial charge is 0.338 e. The van der Waals surface area contributed by atoms with Crippen LogP contribution >= 0.6 is 11.6 Å². The summed E-state index contributed by atoms with van der Waals surface area (Å²) in [6.45, 7) is 3.30. The largest absolute Gasteiger partial charge is 0.497 e. The summed E-state index contributed by atoms with van der Waals surface area (Å²) in [5, 5.41) is 3.24. The van der Waals surface area contributed by atoms with Crippen LogP contribution in [-0.2, 0) is 9.53 Å². The third-order valence-electron chi connectivity index (χ3n) is 7.02. The standard InChI is InChI=1S/C34H30ClN3O6/c1-19-16-29(30(43-5)18-26(19)35)38-33(39)20(2)44-34(40)23-10-15-27-28(17-23)37-32(22-8-13-25(42-4)14-9-22)31(36-27)21-6-11-24(41-3)12-7-21/h6-18,20H,1-5H3,(H,38,39). The van der Waals surface area contributed by atoms with E-state index in [1.54, 1.807) is 44.6 Å². The van der Waals surface area contributed by atoms with Crippen LogP contribution in [0.15, 0.2) is 78.9 Å². The van der Waals surface area contributed by atoms with Crippen molar-refractivity contribution < 1.29 is 28.5 Å². The van der Waals surface area contributed by atoms with E-state index in [4.69, 9.17) is 40.5 Å². The number of ether oxygens (including phenoxy) is 4. The molecule has 44 heavy (non-hydrogen) atoms. The zero-order valence-electron chi connectivity index (χ0n) is 24.8. The normalized spacial score (nSPS) is 11.5. The maximum atomic E-state index is 13.1. The minimum Gasteiger partial charge on any atom is -0.497 e. The lowest BCUT2D eigenvalue weighted by Crippen LogP contribution is -2.30. The lowest BCUT2D eigenvalue weighted by molar-refractivity contribution is -0.123. The van der Waals surface area contributed by atoms with E-state index in [2.05, 4.69) is 5.32 Å². The molecular weight excluding hydrogens is 582 g/mol. The first kappa shape index (κ1) is 30.3. The summed E-state index contributed by atoms with van der Waals surface area (Å²) < 4.78 is 21.5. The van der Waals surface area contributed by atoms with Crippen molar-refractivity contribution >= 4 is 40.2 Å². The maximum absolute atomic E-state index is 13.1. The fraction of sp³-hybridized carbons (Fsp3) is 0.176. The molecule has 0 aliphatic rings. The van der Waals surface area contributed by atoms with Crippen molar-refractivity contribution in [3.63, 3.8) is 0 Å². The van der Waals surface area contributed by atoms with Crippen molar-refractivity contribution in [2.45, 2.75) is 20.0 Å². The van der Waals surface area contributed by atoms with Gasteiger partial charge >= 0.3 is 5.97 Å². The summed E-state index contributed by atoms with van der Waals surface area (Å²) >= 11 is 6.17. The molecule has 1 aromatic heterocycles. The van der Waals surface area contributed by atoms with Crippen LogP contribution in [-0.4, -0.2) is 49.3 Å². The molecule has 9 nitrogen and oxygen atoms in total. The number of rotatable bonds is 9. The van der Waals surface area contributed by atoms with Crippen molar-refractivity contribution in [2.24, 2.45) is 0 Å². The van der Waals surface area contributed by atoms with Gasteiger partial charge in [0.1, 0.15) is 17.2 Å². The molecule has 5 aromatic rings. The minimum absolute atomic E-state index is 0.226. The van der Waals surface area contributed by atoms with Crippen LogP contribution in [0.5, 0.6) is 17.2 Å². The van der Waals surface area contributed by atoms with Gasteiger partial charge in [-0.1, -0.05) is 11.6 Å². The Labute approximate surface area is 259 Å². The highest BCUT2D eigenvalue weighted by Gasteiger charge is 2.22. The van der Waals surface area contributed by atoms with Crippen LogP contribution in [0.4, 0.5) is 5.69 Å². The molecule has 0 spiro atoms. The number of carbonyl (C=O) groups excluding carboxylic acids is 2. The summed E-state index contributed by atoms with van der Waals surface area (Å²) in [4.78, 5) is 35.9. The minimum atomic E-state index is -1.10. The Hall–Kier alpha value is -5.15. The number of hydrogen-bond acceptors (Lipinski definition) is 8. The van der Waals surface area contributed by atoms with E-state index < -0.39 is 18.0 Å². The molecule has 1 amide bonds. The van der Waals surface area contributed by atoms with Gasteiger partial charge in [-0.2, -0.15) is 0 Å².